The molecule has 3 rings (SSSR count). The van der Waals surface area contributed by atoms with Crippen molar-refractivity contribution in [3.05, 3.63) is 29.8 Å². The summed E-state index contributed by atoms with van der Waals surface area (Å²) < 4.78 is 11.6. The first-order chi connectivity index (χ1) is 12.8. The lowest BCUT2D eigenvalue weighted by molar-refractivity contribution is 0.0500. The lowest BCUT2D eigenvalue weighted by Gasteiger charge is -2.38. The molecule has 0 saturated carbocycles. The maximum Gasteiger partial charge on any atom is 0.119 e. The number of benzene rings is 1. The minimum Gasteiger partial charge on any atom is -0.494 e. The van der Waals surface area contributed by atoms with E-state index < -0.39 is 0 Å². The zero-order valence-electron chi connectivity index (χ0n) is 16.2. The minimum absolute atomic E-state index is 0.207. The third-order valence-corrected chi connectivity index (χ3v) is 6.56. The van der Waals surface area contributed by atoms with Crippen molar-refractivity contribution in [2.24, 2.45) is 0 Å². The SMILES string of the molecule is CCNCC1(c2ccc(OCCCN3CCSCC3)cc2)CCOCC1. The molecule has 2 fully saturated rings. The van der Waals surface area contributed by atoms with Crippen molar-refractivity contribution >= 4 is 11.8 Å². The van der Waals surface area contributed by atoms with Crippen molar-refractivity contribution in [3.63, 3.8) is 0 Å². The van der Waals surface area contributed by atoms with Gasteiger partial charge in [0, 0.05) is 56.3 Å². The van der Waals surface area contributed by atoms with Crippen LogP contribution in [0.4, 0.5) is 0 Å². The number of ether oxygens (including phenoxy) is 2. The zero-order chi connectivity index (χ0) is 18.1. The molecule has 2 saturated heterocycles. The van der Waals surface area contributed by atoms with Crippen molar-refractivity contribution in [2.75, 3.05) is 64.1 Å². The van der Waals surface area contributed by atoms with Crippen molar-refractivity contribution in [3.8, 4) is 5.75 Å². The molecule has 2 aliphatic heterocycles. The first-order valence-corrected chi connectivity index (χ1v) is 11.3. The Hall–Kier alpha value is -0.750. The highest BCUT2D eigenvalue weighted by atomic mass is 32.2. The summed E-state index contributed by atoms with van der Waals surface area (Å²) in [6, 6.07) is 8.83. The lowest BCUT2D eigenvalue weighted by atomic mass is 9.74. The average molecular weight is 379 g/mol. The van der Waals surface area contributed by atoms with Crippen LogP contribution in [0, 0.1) is 0 Å². The second-order valence-electron chi connectivity index (χ2n) is 7.35. The molecule has 2 aliphatic rings. The first-order valence-electron chi connectivity index (χ1n) is 10.1. The van der Waals surface area contributed by atoms with Gasteiger partial charge in [-0.15, -0.1) is 0 Å². The molecule has 5 heteroatoms. The highest BCUT2D eigenvalue weighted by Gasteiger charge is 2.33. The summed E-state index contributed by atoms with van der Waals surface area (Å²) >= 11 is 2.07. The van der Waals surface area contributed by atoms with Gasteiger partial charge in [0.2, 0.25) is 0 Å². The Morgan fingerprint density at radius 3 is 2.58 bits per heavy atom. The van der Waals surface area contributed by atoms with Crippen LogP contribution in [0.1, 0.15) is 31.7 Å². The molecule has 0 aromatic heterocycles. The lowest BCUT2D eigenvalue weighted by Crippen LogP contribution is -2.42. The van der Waals surface area contributed by atoms with Crippen molar-refractivity contribution < 1.29 is 9.47 Å². The summed E-state index contributed by atoms with van der Waals surface area (Å²) in [7, 11) is 0. The fourth-order valence-corrected chi connectivity index (χ4v) is 4.88. The number of nitrogens with zero attached hydrogens (tertiary/aromatic N) is 1. The summed E-state index contributed by atoms with van der Waals surface area (Å²) in [5, 5.41) is 3.55. The van der Waals surface area contributed by atoms with Gasteiger partial charge in [0.1, 0.15) is 5.75 Å². The number of thioether (sulfide) groups is 1. The Balaban J connectivity index is 1.48. The van der Waals surface area contributed by atoms with Crippen molar-refractivity contribution in [1.29, 1.82) is 0 Å². The summed E-state index contributed by atoms with van der Waals surface area (Å²) in [4.78, 5) is 2.55. The molecule has 0 atom stereocenters. The molecule has 0 bridgehead atoms. The molecule has 0 amide bonds. The zero-order valence-corrected chi connectivity index (χ0v) is 17.0. The van der Waals surface area contributed by atoms with Crippen LogP contribution in [0.3, 0.4) is 0 Å². The molecule has 0 spiro atoms. The van der Waals surface area contributed by atoms with E-state index in [2.05, 4.69) is 53.2 Å². The van der Waals surface area contributed by atoms with Gasteiger partial charge in [-0.25, -0.2) is 0 Å². The smallest absolute Gasteiger partial charge is 0.119 e. The molecular weight excluding hydrogens is 344 g/mol. The second-order valence-corrected chi connectivity index (χ2v) is 8.58. The molecule has 1 aromatic rings. The standard InChI is InChI=1S/C21H34N2O2S/c1-2-22-18-21(8-14-24-15-9-21)19-4-6-20(7-5-19)25-13-3-10-23-11-16-26-17-12-23/h4-7,22H,2-3,8-18H2,1H3. The number of likely N-dealkylation sites (N-methyl/N-ethyl adjacent to an activating group) is 1. The van der Waals surface area contributed by atoms with Crippen LogP contribution in [-0.4, -0.2) is 69.0 Å². The van der Waals surface area contributed by atoms with E-state index in [0.717, 1.165) is 64.5 Å². The molecule has 0 unspecified atom stereocenters. The topological polar surface area (TPSA) is 33.7 Å². The summed E-state index contributed by atoms with van der Waals surface area (Å²) in [5.74, 6) is 3.55. The Labute approximate surface area is 163 Å². The van der Waals surface area contributed by atoms with E-state index in [9.17, 15) is 0 Å². The summed E-state index contributed by atoms with van der Waals surface area (Å²) in [5.41, 5.74) is 1.62. The van der Waals surface area contributed by atoms with E-state index in [1.165, 1.54) is 30.2 Å². The third-order valence-electron chi connectivity index (χ3n) is 5.62. The van der Waals surface area contributed by atoms with Crippen molar-refractivity contribution in [1.82, 2.24) is 10.2 Å². The van der Waals surface area contributed by atoms with E-state index >= 15 is 0 Å². The fourth-order valence-electron chi connectivity index (χ4n) is 3.90. The maximum atomic E-state index is 5.98. The van der Waals surface area contributed by atoms with Crippen LogP contribution in [-0.2, 0) is 10.2 Å². The minimum atomic E-state index is 0.207. The highest BCUT2D eigenvalue weighted by Crippen LogP contribution is 2.35. The fraction of sp³-hybridized carbons (Fsp3) is 0.714. The first kappa shape index (κ1) is 20.0. The second kappa shape index (κ2) is 10.5. The predicted molar refractivity (Wildman–Crippen MR) is 111 cm³/mol. The number of hydrogen-bond donors (Lipinski definition) is 1. The molecule has 2 heterocycles. The van der Waals surface area contributed by atoms with Crippen LogP contribution < -0.4 is 10.1 Å². The van der Waals surface area contributed by atoms with Gasteiger partial charge in [-0.2, -0.15) is 11.8 Å². The van der Waals surface area contributed by atoms with Gasteiger partial charge < -0.3 is 19.7 Å². The Bertz CT molecular complexity index is 511. The Kier molecular flexibility index (Phi) is 8.11. The van der Waals surface area contributed by atoms with Gasteiger partial charge >= 0.3 is 0 Å². The van der Waals surface area contributed by atoms with Crippen LogP contribution in [0.5, 0.6) is 5.75 Å². The predicted octanol–water partition coefficient (Wildman–Crippen LogP) is 3.16. The summed E-state index contributed by atoms with van der Waals surface area (Å²) in [6.07, 6.45) is 3.29. The van der Waals surface area contributed by atoms with Gasteiger partial charge in [-0.3, -0.25) is 0 Å². The average Bonchev–Trinajstić information content (AvgIpc) is 2.72. The largest absolute Gasteiger partial charge is 0.494 e. The molecule has 0 aliphatic carbocycles. The van der Waals surface area contributed by atoms with Gasteiger partial charge in [-0.1, -0.05) is 19.1 Å². The monoisotopic (exact) mass is 378 g/mol. The van der Waals surface area contributed by atoms with E-state index in [4.69, 9.17) is 9.47 Å². The van der Waals surface area contributed by atoms with E-state index in [-0.39, 0.29) is 5.41 Å². The number of rotatable bonds is 9. The molecule has 0 radical (unpaired) electrons. The van der Waals surface area contributed by atoms with Crippen LogP contribution in [0.2, 0.25) is 0 Å². The highest BCUT2D eigenvalue weighted by molar-refractivity contribution is 7.99. The van der Waals surface area contributed by atoms with Crippen LogP contribution in [0.15, 0.2) is 24.3 Å². The van der Waals surface area contributed by atoms with E-state index in [0.29, 0.717) is 0 Å². The number of hydrogen-bond acceptors (Lipinski definition) is 5. The third kappa shape index (κ3) is 5.62. The number of nitrogens with one attached hydrogen (secondary N) is 1. The van der Waals surface area contributed by atoms with Gasteiger partial charge in [0.15, 0.2) is 0 Å². The van der Waals surface area contributed by atoms with Gasteiger partial charge in [0.25, 0.3) is 0 Å². The van der Waals surface area contributed by atoms with E-state index in [1.54, 1.807) is 0 Å². The molecule has 146 valence electrons. The van der Waals surface area contributed by atoms with Crippen molar-refractivity contribution in [2.45, 2.75) is 31.6 Å². The summed E-state index contributed by atoms with van der Waals surface area (Å²) in [6.45, 7) is 10.4. The normalized spacial score (nSPS) is 20.8. The van der Waals surface area contributed by atoms with Crippen LogP contribution in [0.25, 0.3) is 0 Å². The van der Waals surface area contributed by atoms with Gasteiger partial charge in [-0.05, 0) is 43.5 Å². The Morgan fingerprint density at radius 2 is 1.88 bits per heavy atom. The van der Waals surface area contributed by atoms with Gasteiger partial charge in [0.05, 0.1) is 6.61 Å². The Morgan fingerprint density at radius 1 is 1.15 bits per heavy atom. The molecule has 26 heavy (non-hydrogen) atoms. The molecule has 1 aromatic carbocycles. The maximum absolute atomic E-state index is 5.98. The molecular formula is C21H34N2O2S. The van der Waals surface area contributed by atoms with Crippen LogP contribution >= 0.6 is 11.8 Å². The molecule has 1 N–H and O–H groups in total. The molecule has 4 nitrogen and oxygen atoms in total. The van der Waals surface area contributed by atoms with E-state index in [1.807, 2.05) is 0 Å². The quantitative estimate of drug-likeness (QED) is 0.668.